The molecule has 2 N–H and O–H groups in total. The number of anilines is 1. The van der Waals surface area contributed by atoms with Crippen molar-refractivity contribution in [1.29, 1.82) is 5.26 Å². The second kappa shape index (κ2) is 11.3. The molecule has 0 saturated heterocycles. The number of carbonyl (C=O) groups is 1. The van der Waals surface area contributed by atoms with Crippen molar-refractivity contribution >= 4 is 34.0 Å². The van der Waals surface area contributed by atoms with Gasteiger partial charge in [0, 0.05) is 17.0 Å². The van der Waals surface area contributed by atoms with Crippen LogP contribution in [0.25, 0.3) is 5.69 Å². The van der Waals surface area contributed by atoms with Crippen molar-refractivity contribution < 1.29 is 18.7 Å². The Hall–Kier alpha value is -3.81. The highest BCUT2D eigenvalue weighted by Crippen LogP contribution is 2.42. The van der Waals surface area contributed by atoms with Gasteiger partial charge in [-0.15, -0.1) is 11.3 Å². The van der Waals surface area contributed by atoms with Gasteiger partial charge < -0.3 is 10.1 Å². The van der Waals surface area contributed by atoms with Gasteiger partial charge in [-0.3, -0.25) is 9.32 Å². The van der Waals surface area contributed by atoms with Gasteiger partial charge in [0.2, 0.25) is 11.6 Å². The average Bonchev–Trinajstić information content (AvgIpc) is 3.50. The molecule has 1 aliphatic carbocycles. The van der Waals surface area contributed by atoms with E-state index in [2.05, 4.69) is 40.9 Å². The van der Waals surface area contributed by atoms with Crippen LogP contribution in [0, 0.1) is 11.3 Å². The number of rotatable bonds is 8. The molecule has 2 aromatic heterocycles. The summed E-state index contributed by atoms with van der Waals surface area (Å²) < 4.78 is 11.8. The van der Waals surface area contributed by atoms with Crippen LogP contribution in [0.5, 0.6) is 5.75 Å². The first-order valence-electron chi connectivity index (χ1n) is 12.4. The summed E-state index contributed by atoms with van der Waals surface area (Å²) in [6.07, 6.45) is 3.11. The highest BCUT2D eigenvalue weighted by Gasteiger charge is 2.32. The highest BCUT2D eigenvalue weighted by molar-refractivity contribution is 8.00. The number of aromatic nitrogens is 2. The predicted molar refractivity (Wildman–Crippen MR) is 146 cm³/mol. The zero-order chi connectivity index (χ0) is 26.6. The first-order chi connectivity index (χ1) is 18.5. The summed E-state index contributed by atoms with van der Waals surface area (Å²) in [6, 6.07) is 19.9. The number of aromatic amines is 1. The van der Waals surface area contributed by atoms with E-state index in [-0.39, 0.29) is 10.9 Å². The zero-order valence-electron chi connectivity index (χ0n) is 21.0. The second-order valence-corrected chi connectivity index (χ2v) is 11.3. The number of hydrogen-bond acceptors (Lipinski definition) is 7. The number of ether oxygens (including phenoxy) is 1. The van der Waals surface area contributed by atoms with Crippen molar-refractivity contribution in [2.75, 3.05) is 12.4 Å². The molecule has 0 fully saturated rings. The molecule has 1 amide bonds. The van der Waals surface area contributed by atoms with Gasteiger partial charge in [-0.25, -0.2) is 4.79 Å². The third kappa shape index (κ3) is 5.12. The number of fused-ring (bicyclic) bond motifs is 1. The van der Waals surface area contributed by atoms with Crippen molar-refractivity contribution in [1.82, 2.24) is 5.27 Å². The lowest BCUT2D eigenvalue weighted by Gasteiger charge is -2.22. The number of carbonyl (C=O) groups excluding carboxylic acids is 1. The van der Waals surface area contributed by atoms with Gasteiger partial charge >= 0.3 is 10.7 Å². The van der Waals surface area contributed by atoms with E-state index in [4.69, 9.17) is 9.26 Å². The van der Waals surface area contributed by atoms with E-state index in [0.717, 1.165) is 41.5 Å². The van der Waals surface area contributed by atoms with Crippen LogP contribution in [-0.2, 0) is 17.6 Å². The number of nitrogens with zero attached hydrogens (tertiary/aromatic N) is 2. The molecule has 194 valence electrons. The van der Waals surface area contributed by atoms with Gasteiger partial charge in [0.05, 0.1) is 17.9 Å². The number of hydrogen-bond donors (Lipinski definition) is 2. The van der Waals surface area contributed by atoms with Crippen molar-refractivity contribution in [3.8, 4) is 17.5 Å². The Bertz CT molecular complexity index is 1530. The van der Waals surface area contributed by atoms with Gasteiger partial charge in [0.1, 0.15) is 16.8 Å². The number of thioether (sulfide) groups is 1. The maximum atomic E-state index is 13.4. The molecule has 5 rings (SSSR count). The molecule has 0 bridgehead atoms. The first-order valence-corrected chi connectivity index (χ1v) is 14.1. The number of nitrogens with one attached hydrogen (secondary N) is 2. The van der Waals surface area contributed by atoms with Crippen molar-refractivity contribution in [3.63, 3.8) is 0 Å². The second-order valence-electron chi connectivity index (χ2n) is 8.99. The van der Waals surface area contributed by atoms with Crippen molar-refractivity contribution in [2.45, 2.75) is 48.8 Å². The fraction of sp³-hybridized carbons (Fsp3) is 0.286. The summed E-state index contributed by atoms with van der Waals surface area (Å²) in [6.45, 7) is 1.89. The number of thiophene rings is 1. The molecule has 0 spiro atoms. The van der Waals surface area contributed by atoms with Crippen LogP contribution in [0.3, 0.4) is 0 Å². The standard InChI is InChI=1S/C28H26N4O4S2/c1-3-23(38-27-28(34)36-31-32(27)19-10-12-20(35-2)13-11-19)25(33)30-26-22(16-29)21-14-9-18(15-24(21)37-26)17-7-5-4-6-8-17/h4-8,10-13,18,23H,3,9,14-15H2,1-2H3,(H-,30,31,33,34)/p+1. The van der Waals surface area contributed by atoms with Gasteiger partial charge in [-0.05, 0) is 76.6 Å². The molecule has 2 heterocycles. The molecule has 1 aliphatic rings. The number of methoxy groups -OCH3 is 1. The molecule has 10 heteroatoms. The molecule has 4 aromatic rings. The summed E-state index contributed by atoms with van der Waals surface area (Å²) in [4.78, 5) is 27.0. The van der Waals surface area contributed by atoms with Crippen LogP contribution in [0.2, 0.25) is 0 Å². The van der Waals surface area contributed by atoms with Crippen LogP contribution >= 0.6 is 23.1 Å². The Morgan fingerprint density at radius 3 is 2.74 bits per heavy atom. The number of benzene rings is 2. The third-order valence-corrected chi connectivity index (χ3v) is 9.31. The maximum absolute atomic E-state index is 13.4. The van der Waals surface area contributed by atoms with Gasteiger partial charge in [0.15, 0.2) is 0 Å². The van der Waals surface area contributed by atoms with E-state index in [1.807, 2.05) is 13.0 Å². The minimum Gasteiger partial charge on any atom is -0.497 e. The van der Waals surface area contributed by atoms with Gasteiger partial charge in [-0.2, -0.15) is 5.26 Å². The molecule has 8 nitrogen and oxygen atoms in total. The van der Waals surface area contributed by atoms with Crippen LogP contribution in [0.4, 0.5) is 5.00 Å². The number of H-pyrrole nitrogens is 1. The summed E-state index contributed by atoms with van der Waals surface area (Å²) in [5, 5.41) is 15.8. The normalized spacial score (nSPS) is 15.3. The molecular weight excluding hydrogens is 520 g/mol. The van der Waals surface area contributed by atoms with E-state index in [0.29, 0.717) is 34.3 Å². The van der Waals surface area contributed by atoms with Gasteiger partial charge in [0.25, 0.3) is 0 Å². The maximum Gasteiger partial charge on any atom is 0.442 e. The van der Waals surface area contributed by atoms with Gasteiger partial charge in [-0.1, -0.05) is 37.3 Å². The number of nitriles is 1. The predicted octanol–water partition coefficient (Wildman–Crippen LogP) is 4.97. The summed E-state index contributed by atoms with van der Waals surface area (Å²) in [5.74, 6) is 0.828. The Kier molecular flexibility index (Phi) is 7.67. The van der Waals surface area contributed by atoms with Crippen LogP contribution < -0.4 is 20.4 Å². The molecule has 38 heavy (non-hydrogen) atoms. The fourth-order valence-electron chi connectivity index (χ4n) is 4.72. The topological polar surface area (TPSA) is 112 Å². The lowest BCUT2D eigenvalue weighted by atomic mass is 9.83. The lowest BCUT2D eigenvalue weighted by Crippen LogP contribution is -2.37. The molecule has 0 aliphatic heterocycles. The number of amides is 1. The molecule has 0 saturated carbocycles. The monoisotopic (exact) mass is 547 g/mol. The lowest BCUT2D eigenvalue weighted by molar-refractivity contribution is -0.704. The molecule has 2 aromatic carbocycles. The van der Waals surface area contributed by atoms with Crippen LogP contribution in [0.1, 0.15) is 47.3 Å². The molecule has 2 atom stereocenters. The smallest absolute Gasteiger partial charge is 0.442 e. The van der Waals surface area contributed by atoms with Crippen LogP contribution in [0.15, 0.2) is 68.9 Å². The summed E-state index contributed by atoms with van der Waals surface area (Å²) >= 11 is 2.62. The van der Waals surface area contributed by atoms with Crippen molar-refractivity contribution in [3.05, 3.63) is 86.6 Å². The van der Waals surface area contributed by atoms with E-state index in [1.54, 1.807) is 31.4 Å². The van der Waals surface area contributed by atoms with E-state index in [9.17, 15) is 14.9 Å². The zero-order valence-corrected chi connectivity index (χ0v) is 22.7. The Morgan fingerprint density at radius 2 is 2.05 bits per heavy atom. The molecular formula is C28H27N4O4S2+. The highest BCUT2D eigenvalue weighted by atomic mass is 32.2. The largest absolute Gasteiger partial charge is 0.497 e. The van der Waals surface area contributed by atoms with E-state index in [1.165, 1.54) is 21.6 Å². The molecule has 2 unspecified atom stereocenters. The minimum absolute atomic E-state index is 0.255. The third-order valence-electron chi connectivity index (χ3n) is 6.74. The molecule has 0 radical (unpaired) electrons. The first kappa shape index (κ1) is 25.8. The SMILES string of the molecule is CCC(Sc1c(=O)o[nH][n+]1-c1ccc(OC)cc1)C(=O)Nc1sc2c(c1C#N)CCC(c1ccccc1)C2. The van der Waals surface area contributed by atoms with E-state index >= 15 is 0 Å². The van der Waals surface area contributed by atoms with E-state index < -0.39 is 10.9 Å². The Morgan fingerprint density at radius 1 is 1.29 bits per heavy atom. The average molecular weight is 548 g/mol. The van der Waals surface area contributed by atoms with Crippen LogP contribution in [-0.4, -0.2) is 23.5 Å². The summed E-state index contributed by atoms with van der Waals surface area (Å²) in [7, 11) is 1.58. The fourth-order valence-corrected chi connectivity index (χ4v) is 6.99. The minimum atomic E-state index is -0.569. The Balaban J connectivity index is 1.35. The summed E-state index contributed by atoms with van der Waals surface area (Å²) in [5.41, 5.74) is 3.01. The quantitative estimate of drug-likeness (QED) is 0.238. The Labute approximate surface area is 228 Å². The van der Waals surface area contributed by atoms with Crippen molar-refractivity contribution in [2.24, 2.45) is 0 Å².